The topological polar surface area (TPSA) is 21.3 Å². The van der Waals surface area contributed by atoms with Crippen molar-refractivity contribution in [3.63, 3.8) is 0 Å². The van der Waals surface area contributed by atoms with E-state index in [0.29, 0.717) is 12.6 Å². The fourth-order valence-corrected chi connectivity index (χ4v) is 1.55. The van der Waals surface area contributed by atoms with Crippen LogP contribution in [0.15, 0.2) is 0 Å². The summed E-state index contributed by atoms with van der Waals surface area (Å²) in [6.07, 6.45) is 4.89. The van der Waals surface area contributed by atoms with Gasteiger partial charge in [-0.2, -0.15) is 0 Å². The summed E-state index contributed by atoms with van der Waals surface area (Å²) in [4.78, 5) is 0. The van der Waals surface area contributed by atoms with E-state index >= 15 is 0 Å². The van der Waals surface area contributed by atoms with E-state index in [9.17, 15) is 4.39 Å². The lowest BCUT2D eigenvalue weighted by Gasteiger charge is -2.23. The van der Waals surface area contributed by atoms with Gasteiger partial charge >= 0.3 is 0 Å². The standard InChI is InChI=1S/C9H18FNO.ClH/c10-5-8-12-7-4-9-3-1-2-6-11-9;/h9,11H,1-8H2;1H. The maximum Gasteiger partial charge on any atom is 0.113 e. The molecule has 0 spiro atoms. The Hall–Kier alpha value is 0.140. The van der Waals surface area contributed by atoms with Gasteiger partial charge in [0.1, 0.15) is 6.67 Å². The highest BCUT2D eigenvalue weighted by atomic mass is 35.5. The van der Waals surface area contributed by atoms with Crippen LogP contribution in [0.25, 0.3) is 0 Å². The molecule has 0 bridgehead atoms. The molecule has 80 valence electrons. The average molecular weight is 212 g/mol. The van der Waals surface area contributed by atoms with Crippen LogP contribution in [0.4, 0.5) is 4.39 Å². The second-order valence-electron chi connectivity index (χ2n) is 3.24. The maximum atomic E-state index is 11.6. The molecule has 0 radical (unpaired) electrons. The Kier molecular flexibility index (Phi) is 8.82. The van der Waals surface area contributed by atoms with Crippen LogP contribution in [0.3, 0.4) is 0 Å². The van der Waals surface area contributed by atoms with E-state index in [1.54, 1.807) is 0 Å². The summed E-state index contributed by atoms with van der Waals surface area (Å²) in [5, 5.41) is 3.42. The summed E-state index contributed by atoms with van der Waals surface area (Å²) < 4.78 is 16.7. The molecule has 0 aromatic heterocycles. The molecule has 0 aromatic carbocycles. The van der Waals surface area contributed by atoms with Crippen LogP contribution in [0.5, 0.6) is 0 Å². The third-order valence-corrected chi connectivity index (χ3v) is 2.24. The Morgan fingerprint density at radius 3 is 2.77 bits per heavy atom. The highest BCUT2D eigenvalue weighted by Gasteiger charge is 2.11. The van der Waals surface area contributed by atoms with Crippen molar-refractivity contribution in [1.82, 2.24) is 5.32 Å². The molecule has 0 aliphatic carbocycles. The van der Waals surface area contributed by atoms with Gasteiger partial charge in [-0.1, -0.05) is 6.42 Å². The van der Waals surface area contributed by atoms with Gasteiger partial charge in [0, 0.05) is 12.6 Å². The van der Waals surface area contributed by atoms with Gasteiger partial charge in [0.05, 0.1) is 6.61 Å². The van der Waals surface area contributed by atoms with E-state index in [-0.39, 0.29) is 25.7 Å². The number of hydrogen-bond donors (Lipinski definition) is 1. The number of nitrogens with one attached hydrogen (secondary N) is 1. The highest BCUT2D eigenvalue weighted by molar-refractivity contribution is 5.85. The van der Waals surface area contributed by atoms with Gasteiger partial charge in [0.15, 0.2) is 0 Å². The number of ether oxygens (including phenoxy) is 1. The third-order valence-electron chi connectivity index (χ3n) is 2.24. The van der Waals surface area contributed by atoms with Gasteiger partial charge in [-0.15, -0.1) is 12.4 Å². The Morgan fingerprint density at radius 1 is 1.31 bits per heavy atom. The van der Waals surface area contributed by atoms with Crippen LogP contribution in [0, 0.1) is 0 Å². The van der Waals surface area contributed by atoms with E-state index in [2.05, 4.69) is 5.32 Å². The summed E-state index contributed by atoms with van der Waals surface area (Å²) in [5.41, 5.74) is 0. The molecule has 1 atom stereocenters. The molecule has 1 unspecified atom stereocenters. The van der Waals surface area contributed by atoms with Crippen LogP contribution in [0.1, 0.15) is 25.7 Å². The van der Waals surface area contributed by atoms with E-state index in [1.165, 1.54) is 19.3 Å². The Labute approximate surface area is 85.6 Å². The van der Waals surface area contributed by atoms with Crippen molar-refractivity contribution in [1.29, 1.82) is 0 Å². The molecule has 13 heavy (non-hydrogen) atoms. The SMILES string of the molecule is Cl.FCCOCCC1CCCCN1. The lowest BCUT2D eigenvalue weighted by molar-refractivity contribution is 0.108. The normalized spacial score (nSPS) is 22.4. The minimum atomic E-state index is -0.363. The summed E-state index contributed by atoms with van der Waals surface area (Å²) >= 11 is 0. The van der Waals surface area contributed by atoms with Gasteiger partial charge in [0.2, 0.25) is 0 Å². The fraction of sp³-hybridized carbons (Fsp3) is 1.00. The zero-order valence-electron chi connectivity index (χ0n) is 7.93. The molecule has 0 aromatic rings. The summed E-state index contributed by atoms with van der Waals surface area (Å²) in [6, 6.07) is 0.610. The molecule has 1 aliphatic heterocycles. The predicted molar refractivity (Wildman–Crippen MR) is 54.3 cm³/mol. The molecule has 0 saturated carbocycles. The van der Waals surface area contributed by atoms with Gasteiger partial charge in [-0.25, -0.2) is 4.39 Å². The Morgan fingerprint density at radius 2 is 2.15 bits per heavy atom. The van der Waals surface area contributed by atoms with Crippen LogP contribution < -0.4 is 5.32 Å². The minimum Gasteiger partial charge on any atom is -0.379 e. The molecule has 1 aliphatic rings. The van der Waals surface area contributed by atoms with Crippen molar-refractivity contribution >= 4 is 12.4 Å². The summed E-state index contributed by atoms with van der Waals surface area (Å²) in [5.74, 6) is 0. The molecule has 1 fully saturated rings. The second-order valence-corrected chi connectivity index (χ2v) is 3.24. The van der Waals surface area contributed by atoms with E-state index < -0.39 is 0 Å². The van der Waals surface area contributed by atoms with Crippen molar-refractivity contribution in [2.24, 2.45) is 0 Å². The molecular formula is C9H19ClFNO. The van der Waals surface area contributed by atoms with Crippen LogP contribution in [-0.2, 0) is 4.74 Å². The summed E-state index contributed by atoms with van der Waals surface area (Å²) in [6.45, 7) is 1.72. The van der Waals surface area contributed by atoms with Crippen LogP contribution in [-0.4, -0.2) is 32.5 Å². The number of alkyl halides is 1. The van der Waals surface area contributed by atoms with Crippen molar-refractivity contribution in [3.05, 3.63) is 0 Å². The smallest absolute Gasteiger partial charge is 0.113 e. The molecule has 0 amide bonds. The molecule has 1 N–H and O–H groups in total. The first-order chi connectivity index (χ1) is 5.93. The first-order valence-corrected chi connectivity index (χ1v) is 4.80. The lowest BCUT2D eigenvalue weighted by Crippen LogP contribution is -2.34. The van der Waals surface area contributed by atoms with Crippen LogP contribution in [0.2, 0.25) is 0 Å². The maximum absolute atomic E-state index is 11.6. The first-order valence-electron chi connectivity index (χ1n) is 4.80. The van der Waals surface area contributed by atoms with E-state index in [1.807, 2.05) is 0 Å². The van der Waals surface area contributed by atoms with Crippen LogP contribution >= 0.6 is 12.4 Å². The summed E-state index contributed by atoms with van der Waals surface area (Å²) in [7, 11) is 0. The van der Waals surface area contributed by atoms with E-state index in [0.717, 1.165) is 13.0 Å². The lowest BCUT2D eigenvalue weighted by atomic mass is 10.0. The Bertz CT molecular complexity index is 110. The Balaban J connectivity index is 0.00000144. The van der Waals surface area contributed by atoms with Gasteiger partial charge in [-0.3, -0.25) is 0 Å². The number of hydrogen-bond acceptors (Lipinski definition) is 2. The van der Waals surface area contributed by atoms with Gasteiger partial charge in [-0.05, 0) is 25.8 Å². The van der Waals surface area contributed by atoms with Gasteiger partial charge in [0.25, 0.3) is 0 Å². The zero-order chi connectivity index (χ0) is 8.65. The third kappa shape index (κ3) is 6.24. The molecular weight excluding hydrogens is 193 g/mol. The highest BCUT2D eigenvalue weighted by Crippen LogP contribution is 2.09. The number of piperidine rings is 1. The largest absolute Gasteiger partial charge is 0.379 e. The molecule has 1 saturated heterocycles. The predicted octanol–water partition coefficient (Wildman–Crippen LogP) is 1.93. The second kappa shape index (κ2) is 8.73. The van der Waals surface area contributed by atoms with Crippen molar-refractivity contribution in [3.8, 4) is 0 Å². The minimum absolute atomic E-state index is 0. The molecule has 1 rings (SSSR count). The monoisotopic (exact) mass is 211 g/mol. The molecule has 2 nitrogen and oxygen atoms in total. The van der Waals surface area contributed by atoms with Crippen molar-refractivity contribution in [2.75, 3.05) is 26.4 Å². The zero-order valence-corrected chi connectivity index (χ0v) is 8.75. The molecule has 1 heterocycles. The van der Waals surface area contributed by atoms with Gasteiger partial charge < -0.3 is 10.1 Å². The van der Waals surface area contributed by atoms with Crippen molar-refractivity contribution < 1.29 is 9.13 Å². The van der Waals surface area contributed by atoms with E-state index in [4.69, 9.17) is 4.74 Å². The fourth-order valence-electron chi connectivity index (χ4n) is 1.55. The quantitative estimate of drug-likeness (QED) is 0.702. The average Bonchev–Trinajstić information content (AvgIpc) is 2.14. The first kappa shape index (κ1) is 13.1. The number of rotatable bonds is 5. The molecule has 4 heteroatoms. The van der Waals surface area contributed by atoms with Crippen molar-refractivity contribution in [2.45, 2.75) is 31.7 Å². The number of halogens is 2.